The number of aliphatic hydroxyl groups excluding tert-OH is 1. The summed E-state index contributed by atoms with van der Waals surface area (Å²) in [6.07, 6.45) is -0.162. The molecule has 1 aliphatic rings. The van der Waals surface area contributed by atoms with E-state index in [1.165, 1.54) is 0 Å². The van der Waals surface area contributed by atoms with Gasteiger partial charge in [-0.25, -0.2) is 9.69 Å². The Morgan fingerprint density at radius 3 is 2.14 bits per heavy atom. The van der Waals surface area contributed by atoms with E-state index in [1.807, 2.05) is 60.7 Å². The van der Waals surface area contributed by atoms with Crippen molar-refractivity contribution in [3.8, 4) is 0 Å². The fraction of sp³-hybridized carbons (Fsp3) is 0.359. The summed E-state index contributed by atoms with van der Waals surface area (Å²) in [7, 11) is 0. The number of ether oxygens (including phenoxy) is 4. The number of rotatable bonds is 20. The van der Waals surface area contributed by atoms with Crippen molar-refractivity contribution >= 4 is 29.5 Å². The maximum Gasteiger partial charge on any atom is 0.416 e. The molecule has 0 bridgehead atoms. The molecule has 0 aromatic heterocycles. The normalized spacial score (nSPS) is 16.1. The average molecular weight is 686 g/mol. The number of cyclic esters (lactones) is 1. The van der Waals surface area contributed by atoms with Crippen LogP contribution in [0.2, 0.25) is 0 Å². The van der Waals surface area contributed by atoms with Crippen molar-refractivity contribution in [3.63, 3.8) is 0 Å². The van der Waals surface area contributed by atoms with Gasteiger partial charge >= 0.3 is 12.1 Å². The minimum absolute atomic E-state index is 0.0196. The van der Waals surface area contributed by atoms with Crippen LogP contribution in [-0.4, -0.2) is 84.2 Å². The van der Waals surface area contributed by atoms with Crippen molar-refractivity contribution in [3.05, 3.63) is 120 Å². The van der Waals surface area contributed by atoms with Gasteiger partial charge in [-0.1, -0.05) is 91.0 Å². The minimum Gasteiger partial charge on any atom is -0.453 e. The molecule has 1 aliphatic heterocycles. The summed E-state index contributed by atoms with van der Waals surface area (Å²) in [4.78, 5) is 66.5. The Kier molecular flexibility index (Phi) is 15.0. The van der Waals surface area contributed by atoms with Crippen LogP contribution in [0, 0.1) is 5.92 Å². The highest BCUT2D eigenvalue weighted by Crippen LogP contribution is 2.26. The van der Waals surface area contributed by atoms with Crippen molar-refractivity contribution in [2.24, 2.45) is 5.92 Å². The summed E-state index contributed by atoms with van der Waals surface area (Å²) in [5.41, 5.74) is 2.53. The van der Waals surface area contributed by atoms with Gasteiger partial charge in [-0.2, -0.15) is 0 Å². The van der Waals surface area contributed by atoms with Crippen molar-refractivity contribution in [2.45, 2.75) is 57.5 Å². The summed E-state index contributed by atoms with van der Waals surface area (Å²) >= 11 is 0. The highest BCUT2D eigenvalue weighted by atomic mass is 16.6. The molecular weight excluding hydrogens is 642 g/mol. The van der Waals surface area contributed by atoms with E-state index in [-0.39, 0.29) is 45.1 Å². The molecule has 3 aromatic rings. The van der Waals surface area contributed by atoms with E-state index in [0.29, 0.717) is 25.0 Å². The molecule has 11 nitrogen and oxygen atoms in total. The second-order valence-electron chi connectivity index (χ2n) is 11.9. The Labute approximate surface area is 291 Å². The van der Waals surface area contributed by atoms with Gasteiger partial charge in [0.05, 0.1) is 31.8 Å². The zero-order valence-electron chi connectivity index (χ0n) is 28.1. The molecule has 0 spiro atoms. The van der Waals surface area contributed by atoms with Crippen LogP contribution in [0.1, 0.15) is 36.5 Å². The zero-order valence-corrected chi connectivity index (χ0v) is 28.1. The van der Waals surface area contributed by atoms with Crippen LogP contribution in [0.5, 0.6) is 0 Å². The van der Waals surface area contributed by atoms with Crippen LogP contribution in [0.4, 0.5) is 4.79 Å². The molecule has 50 heavy (non-hydrogen) atoms. The van der Waals surface area contributed by atoms with E-state index in [9.17, 15) is 29.1 Å². The predicted octanol–water partition coefficient (Wildman–Crippen LogP) is 4.44. The predicted molar refractivity (Wildman–Crippen MR) is 183 cm³/mol. The highest BCUT2D eigenvalue weighted by Gasteiger charge is 2.45. The summed E-state index contributed by atoms with van der Waals surface area (Å²) in [6.45, 7) is 1.57. The number of nitrogens with zero attached hydrogens (tertiary/aromatic N) is 1. The molecule has 0 aliphatic carbocycles. The van der Waals surface area contributed by atoms with Gasteiger partial charge in [0.1, 0.15) is 12.7 Å². The Morgan fingerprint density at radius 2 is 1.52 bits per heavy atom. The van der Waals surface area contributed by atoms with Gasteiger partial charge in [0.15, 0.2) is 17.7 Å². The molecule has 0 radical (unpaired) electrons. The minimum atomic E-state index is -1.61. The number of aliphatic hydroxyl groups is 1. The fourth-order valence-corrected chi connectivity index (χ4v) is 5.51. The smallest absolute Gasteiger partial charge is 0.416 e. The van der Waals surface area contributed by atoms with E-state index in [1.54, 1.807) is 30.3 Å². The first kappa shape index (κ1) is 37.8. The standard InChI is InChI=1S/C39H43NO10/c1-28(42)50-37(36(44)20-19-33(43)18-11-21-47-27-34(24-41)48-25-31-16-9-4-10-17-31)35(23-30-14-7-3-8-15-30)38(45)40-32(26-49-39(40)46)22-29-12-5-2-6-13-29/h2-10,12-17,19-20,32,34-35,37,41H,11,18,21-27H2,1H3/t32-,34+,35+,37-/m0/s1. The monoisotopic (exact) mass is 685 g/mol. The largest absolute Gasteiger partial charge is 0.453 e. The van der Waals surface area contributed by atoms with Gasteiger partial charge in [-0.3, -0.25) is 19.2 Å². The Morgan fingerprint density at radius 1 is 0.900 bits per heavy atom. The molecule has 3 aromatic carbocycles. The van der Waals surface area contributed by atoms with E-state index in [2.05, 4.69) is 0 Å². The molecule has 11 heteroatoms. The number of hydrogen-bond acceptors (Lipinski definition) is 10. The summed E-state index contributed by atoms with van der Waals surface area (Å²) in [5, 5.41) is 9.60. The number of hydrogen-bond donors (Lipinski definition) is 1. The summed E-state index contributed by atoms with van der Waals surface area (Å²) in [6, 6.07) is 27.1. The van der Waals surface area contributed by atoms with Crippen LogP contribution in [0.25, 0.3) is 0 Å². The van der Waals surface area contributed by atoms with Crippen LogP contribution >= 0.6 is 0 Å². The lowest BCUT2D eigenvalue weighted by atomic mass is 9.89. The Hall–Kier alpha value is -4.97. The number of carbonyl (C=O) groups excluding carboxylic acids is 5. The molecule has 1 saturated heterocycles. The molecule has 1 N–H and O–H groups in total. The number of benzene rings is 3. The van der Waals surface area contributed by atoms with Gasteiger partial charge in [0.25, 0.3) is 0 Å². The SMILES string of the molecule is CC(=O)O[C@H](C(=O)C=CC(=O)CCCOC[C@@H](CO)OCc1ccccc1)[C@@H](Cc1ccccc1)C(=O)N1C(=O)OC[C@@H]1Cc1ccccc1. The van der Waals surface area contributed by atoms with Gasteiger partial charge in [-0.05, 0) is 48.1 Å². The van der Waals surface area contributed by atoms with E-state index >= 15 is 0 Å². The van der Waals surface area contributed by atoms with Gasteiger partial charge < -0.3 is 24.1 Å². The van der Waals surface area contributed by atoms with Crippen molar-refractivity contribution < 1.29 is 48.0 Å². The zero-order chi connectivity index (χ0) is 35.7. The Balaban J connectivity index is 1.39. The van der Waals surface area contributed by atoms with E-state index in [0.717, 1.165) is 35.1 Å². The van der Waals surface area contributed by atoms with Crippen molar-refractivity contribution in [1.82, 2.24) is 4.90 Å². The molecule has 2 amide bonds. The molecule has 264 valence electrons. The third-order valence-electron chi connectivity index (χ3n) is 8.05. The van der Waals surface area contributed by atoms with E-state index < -0.39 is 47.9 Å². The first-order valence-corrected chi connectivity index (χ1v) is 16.6. The van der Waals surface area contributed by atoms with Crippen LogP contribution < -0.4 is 0 Å². The highest BCUT2D eigenvalue weighted by molar-refractivity contribution is 6.04. The number of allylic oxidation sites excluding steroid dienone is 1. The second kappa shape index (κ2) is 19.9. The second-order valence-corrected chi connectivity index (χ2v) is 11.9. The number of esters is 1. The number of ketones is 2. The summed E-state index contributed by atoms with van der Waals surface area (Å²) < 4.78 is 22.0. The van der Waals surface area contributed by atoms with Crippen molar-refractivity contribution in [2.75, 3.05) is 26.4 Å². The first-order chi connectivity index (χ1) is 24.2. The van der Waals surface area contributed by atoms with Crippen LogP contribution in [0.3, 0.4) is 0 Å². The number of amides is 2. The van der Waals surface area contributed by atoms with Crippen molar-refractivity contribution in [1.29, 1.82) is 0 Å². The third kappa shape index (κ3) is 11.9. The maximum absolute atomic E-state index is 14.2. The Bertz CT molecular complexity index is 1580. The first-order valence-electron chi connectivity index (χ1n) is 16.6. The molecule has 0 unspecified atom stereocenters. The lowest BCUT2D eigenvalue weighted by Gasteiger charge is -2.29. The molecule has 1 fully saturated rings. The molecule has 4 rings (SSSR count). The van der Waals surface area contributed by atoms with Crippen LogP contribution in [0.15, 0.2) is 103 Å². The number of imide groups is 1. The average Bonchev–Trinajstić information content (AvgIpc) is 3.49. The molecule has 4 atom stereocenters. The van der Waals surface area contributed by atoms with Crippen LogP contribution in [-0.2, 0) is 57.6 Å². The molecule has 1 heterocycles. The molecule has 0 saturated carbocycles. The van der Waals surface area contributed by atoms with Gasteiger partial charge in [0.2, 0.25) is 5.91 Å². The summed E-state index contributed by atoms with van der Waals surface area (Å²) in [5.74, 6) is -3.95. The topological polar surface area (TPSA) is 146 Å². The van der Waals surface area contributed by atoms with E-state index in [4.69, 9.17) is 18.9 Å². The maximum atomic E-state index is 14.2. The quantitative estimate of drug-likeness (QED) is 0.103. The van der Waals surface area contributed by atoms with Gasteiger partial charge in [0, 0.05) is 20.0 Å². The fourth-order valence-electron chi connectivity index (χ4n) is 5.51. The number of carbonyl (C=O) groups is 5. The molecular formula is C39H43NO10. The lowest BCUT2D eigenvalue weighted by Crippen LogP contribution is -2.49. The lowest BCUT2D eigenvalue weighted by molar-refractivity contribution is -0.158. The third-order valence-corrected chi connectivity index (χ3v) is 8.05. The van der Waals surface area contributed by atoms with Gasteiger partial charge in [-0.15, -0.1) is 0 Å².